The van der Waals surface area contributed by atoms with Gasteiger partial charge in [0.05, 0.1) is 25.0 Å². The van der Waals surface area contributed by atoms with Gasteiger partial charge in [0.2, 0.25) is 0 Å². The molecular weight excluding hydrogens is 556 g/mol. The standard InChI is InChI=1S/C35H30N4O5/c1-3-44-23-17-15-22(16-18-23)36-33(40)26-12-5-7-14-29(26)39-34(41)30-20-27-25-11-4-6-13-28(25)37-31(27)32(38(30)35(39)42)21-9-8-10-24(19-21)43-2/h4-19,30,32,37H,3,20H2,1-2H3,(H,36,40)/t30-,32?/m0/s1. The first-order valence-electron chi connectivity index (χ1n) is 14.5. The SMILES string of the molecule is CCOc1ccc(NC(=O)c2ccccc2N2C(=O)[C@@H]3Cc4c([nH]c5ccccc45)C(c4cccc(OC)c4)N3C2=O)cc1. The summed E-state index contributed by atoms with van der Waals surface area (Å²) in [6, 6.07) is 27.4. The first-order valence-corrected chi connectivity index (χ1v) is 14.5. The zero-order chi connectivity index (χ0) is 30.4. The third kappa shape index (κ3) is 4.44. The second-order valence-corrected chi connectivity index (χ2v) is 10.8. The van der Waals surface area contributed by atoms with Crippen molar-refractivity contribution in [3.05, 3.63) is 119 Å². The lowest BCUT2D eigenvalue weighted by molar-refractivity contribution is -0.120. The first kappa shape index (κ1) is 27.3. The Kier molecular flexibility index (Phi) is 6.77. The van der Waals surface area contributed by atoms with Gasteiger partial charge in [-0.1, -0.05) is 42.5 Å². The Balaban J connectivity index is 1.28. The molecule has 0 saturated carbocycles. The summed E-state index contributed by atoms with van der Waals surface area (Å²) in [6.45, 7) is 2.44. The molecule has 0 spiro atoms. The Morgan fingerprint density at radius 2 is 1.70 bits per heavy atom. The predicted molar refractivity (Wildman–Crippen MR) is 167 cm³/mol. The number of nitrogens with one attached hydrogen (secondary N) is 2. The summed E-state index contributed by atoms with van der Waals surface area (Å²) >= 11 is 0. The maximum absolute atomic E-state index is 14.4. The molecule has 1 unspecified atom stereocenters. The summed E-state index contributed by atoms with van der Waals surface area (Å²) in [5.41, 5.74) is 4.63. The summed E-state index contributed by atoms with van der Waals surface area (Å²) in [4.78, 5) is 48.5. The highest BCUT2D eigenvalue weighted by molar-refractivity contribution is 6.24. The Hall–Kier alpha value is -5.57. The molecule has 1 aromatic heterocycles. The average Bonchev–Trinajstić information content (AvgIpc) is 3.54. The number of methoxy groups -OCH3 is 1. The first-order chi connectivity index (χ1) is 21.5. The molecule has 9 nitrogen and oxygen atoms in total. The van der Waals surface area contributed by atoms with Crippen LogP contribution in [0.3, 0.4) is 0 Å². The molecule has 3 heterocycles. The van der Waals surface area contributed by atoms with E-state index in [1.165, 1.54) is 0 Å². The number of H-pyrrole nitrogens is 1. The van der Waals surface area contributed by atoms with Gasteiger partial charge in [-0.15, -0.1) is 0 Å². The molecule has 7 rings (SSSR count). The highest BCUT2D eigenvalue weighted by atomic mass is 16.5. The van der Waals surface area contributed by atoms with Crippen LogP contribution < -0.4 is 19.7 Å². The van der Waals surface area contributed by atoms with E-state index in [-0.39, 0.29) is 17.2 Å². The molecule has 2 atom stereocenters. The second-order valence-electron chi connectivity index (χ2n) is 10.8. The van der Waals surface area contributed by atoms with Gasteiger partial charge in [0.15, 0.2) is 0 Å². The van der Waals surface area contributed by atoms with Crippen LogP contribution in [0.2, 0.25) is 0 Å². The largest absolute Gasteiger partial charge is 0.497 e. The number of aromatic amines is 1. The topological polar surface area (TPSA) is 104 Å². The number of hydrogen-bond acceptors (Lipinski definition) is 5. The summed E-state index contributed by atoms with van der Waals surface area (Å²) in [5, 5.41) is 3.90. The number of amides is 4. The van der Waals surface area contributed by atoms with E-state index in [1.54, 1.807) is 60.5 Å². The number of carbonyl (C=O) groups excluding carboxylic acids is 3. The molecule has 4 aromatic carbocycles. The Bertz CT molecular complexity index is 1910. The second kappa shape index (κ2) is 10.9. The van der Waals surface area contributed by atoms with E-state index in [0.717, 1.165) is 32.6 Å². The maximum atomic E-state index is 14.4. The predicted octanol–water partition coefficient (Wildman–Crippen LogP) is 6.31. The molecule has 0 radical (unpaired) electrons. The summed E-state index contributed by atoms with van der Waals surface area (Å²) in [7, 11) is 1.60. The van der Waals surface area contributed by atoms with Gasteiger partial charge < -0.3 is 19.8 Å². The molecule has 44 heavy (non-hydrogen) atoms. The number of para-hydroxylation sites is 2. The maximum Gasteiger partial charge on any atom is 0.332 e. The van der Waals surface area contributed by atoms with Crippen LogP contribution in [-0.4, -0.2) is 47.5 Å². The van der Waals surface area contributed by atoms with Gasteiger partial charge in [-0.2, -0.15) is 0 Å². The monoisotopic (exact) mass is 586 g/mol. The Morgan fingerprint density at radius 1 is 0.932 bits per heavy atom. The van der Waals surface area contributed by atoms with E-state index in [9.17, 15) is 14.4 Å². The van der Waals surface area contributed by atoms with Crippen molar-refractivity contribution in [2.24, 2.45) is 0 Å². The van der Waals surface area contributed by atoms with Crippen LogP contribution in [-0.2, 0) is 11.2 Å². The number of urea groups is 1. The van der Waals surface area contributed by atoms with Crippen LogP contribution in [0, 0.1) is 0 Å². The fourth-order valence-electron chi connectivity index (χ4n) is 6.31. The van der Waals surface area contributed by atoms with Gasteiger partial charge in [0.25, 0.3) is 11.8 Å². The Labute approximate surface area is 254 Å². The normalized spacial score (nSPS) is 17.4. The number of carbonyl (C=O) groups is 3. The third-order valence-electron chi connectivity index (χ3n) is 8.27. The van der Waals surface area contributed by atoms with Crippen molar-refractivity contribution in [3.8, 4) is 11.5 Å². The molecule has 0 aliphatic carbocycles. The van der Waals surface area contributed by atoms with Gasteiger partial charge in [0.1, 0.15) is 23.6 Å². The van der Waals surface area contributed by atoms with Gasteiger partial charge in [-0.3, -0.25) is 14.5 Å². The lowest BCUT2D eigenvalue weighted by atomic mass is 9.89. The van der Waals surface area contributed by atoms with Gasteiger partial charge in [-0.05, 0) is 72.6 Å². The molecule has 1 saturated heterocycles. The van der Waals surface area contributed by atoms with Crippen LogP contribution >= 0.6 is 0 Å². The molecule has 220 valence electrons. The molecule has 2 N–H and O–H groups in total. The number of fused-ring (bicyclic) bond motifs is 4. The summed E-state index contributed by atoms with van der Waals surface area (Å²) < 4.78 is 11.0. The van der Waals surface area contributed by atoms with Crippen LogP contribution in [0.15, 0.2) is 97.1 Å². The number of benzene rings is 4. The van der Waals surface area contributed by atoms with Crippen molar-refractivity contribution in [2.45, 2.75) is 25.4 Å². The zero-order valence-electron chi connectivity index (χ0n) is 24.2. The van der Waals surface area contributed by atoms with Crippen molar-refractivity contribution in [3.63, 3.8) is 0 Å². The molecule has 9 heteroatoms. The van der Waals surface area contributed by atoms with E-state index >= 15 is 0 Å². The van der Waals surface area contributed by atoms with E-state index in [2.05, 4.69) is 10.3 Å². The molecular formula is C35H30N4O5. The van der Waals surface area contributed by atoms with Crippen LogP contribution in [0.5, 0.6) is 11.5 Å². The average molecular weight is 587 g/mol. The smallest absolute Gasteiger partial charge is 0.332 e. The molecule has 0 bridgehead atoms. The van der Waals surface area contributed by atoms with Crippen molar-refractivity contribution >= 4 is 40.1 Å². The van der Waals surface area contributed by atoms with E-state index in [0.29, 0.717) is 30.2 Å². The lowest BCUT2D eigenvalue weighted by Gasteiger charge is -2.36. The van der Waals surface area contributed by atoms with E-state index in [4.69, 9.17) is 9.47 Å². The fourth-order valence-corrected chi connectivity index (χ4v) is 6.31. The minimum absolute atomic E-state index is 0.213. The third-order valence-corrected chi connectivity index (χ3v) is 8.27. The minimum atomic E-state index is -0.757. The Morgan fingerprint density at radius 3 is 2.50 bits per heavy atom. The van der Waals surface area contributed by atoms with E-state index in [1.807, 2.05) is 55.5 Å². The highest BCUT2D eigenvalue weighted by Gasteiger charge is 2.53. The van der Waals surface area contributed by atoms with Crippen molar-refractivity contribution < 1.29 is 23.9 Å². The number of hydrogen-bond donors (Lipinski definition) is 2. The molecule has 5 aromatic rings. The molecule has 2 aliphatic heterocycles. The molecule has 2 aliphatic rings. The van der Waals surface area contributed by atoms with Crippen LogP contribution in [0.1, 0.15) is 40.1 Å². The minimum Gasteiger partial charge on any atom is -0.497 e. The number of anilines is 2. The molecule has 1 fully saturated rings. The quantitative estimate of drug-likeness (QED) is 0.218. The number of imide groups is 1. The number of ether oxygens (including phenoxy) is 2. The van der Waals surface area contributed by atoms with Gasteiger partial charge in [0, 0.05) is 28.7 Å². The summed E-state index contributed by atoms with van der Waals surface area (Å²) in [6.07, 6.45) is 0.349. The van der Waals surface area contributed by atoms with Crippen molar-refractivity contribution in [2.75, 3.05) is 23.9 Å². The highest BCUT2D eigenvalue weighted by Crippen LogP contribution is 2.45. The van der Waals surface area contributed by atoms with Crippen LogP contribution in [0.4, 0.5) is 16.2 Å². The van der Waals surface area contributed by atoms with Crippen molar-refractivity contribution in [1.29, 1.82) is 0 Å². The zero-order valence-corrected chi connectivity index (χ0v) is 24.2. The lowest BCUT2D eigenvalue weighted by Crippen LogP contribution is -2.44. The van der Waals surface area contributed by atoms with Gasteiger partial charge >= 0.3 is 6.03 Å². The number of rotatable bonds is 7. The summed E-state index contributed by atoms with van der Waals surface area (Å²) in [5.74, 6) is 0.531. The van der Waals surface area contributed by atoms with E-state index < -0.39 is 24.0 Å². The fraction of sp³-hybridized carbons (Fsp3) is 0.171. The van der Waals surface area contributed by atoms with Crippen LogP contribution in [0.25, 0.3) is 10.9 Å². The number of aromatic nitrogens is 1. The number of nitrogens with zero attached hydrogens (tertiary/aromatic N) is 2. The van der Waals surface area contributed by atoms with Crippen molar-refractivity contribution in [1.82, 2.24) is 9.88 Å². The molecule has 4 amide bonds. The van der Waals surface area contributed by atoms with Gasteiger partial charge in [-0.25, -0.2) is 9.69 Å².